The first-order valence-corrected chi connectivity index (χ1v) is 15.9. The quantitative estimate of drug-likeness (QED) is 0.146. The molecule has 216 valence electrons. The van der Waals surface area contributed by atoms with E-state index < -0.39 is 0 Å². The van der Waals surface area contributed by atoms with Crippen molar-refractivity contribution in [3.05, 3.63) is 167 Å². The summed E-state index contributed by atoms with van der Waals surface area (Å²) in [7, 11) is 0. The van der Waals surface area contributed by atoms with Crippen molar-refractivity contribution < 1.29 is 9.59 Å². The number of benzene rings is 5. The van der Waals surface area contributed by atoms with Crippen LogP contribution in [0.15, 0.2) is 139 Å². The van der Waals surface area contributed by atoms with E-state index in [1.807, 2.05) is 23.5 Å². The first-order valence-electron chi connectivity index (χ1n) is 15.1. The van der Waals surface area contributed by atoms with Crippen LogP contribution in [0.5, 0.6) is 0 Å². The van der Waals surface area contributed by atoms with Crippen LogP contribution in [0.4, 0.5) is 17.1 Å². The number of hydrogen-bond acceptors (Lipinski definition) is 4. The van der Waals surface area contributed by atoms with Crippen LogP contribution in [0.1, 0.15) is 51.3 Å². The van der Waals surface area contributed by atoms with E-state index in [1.165, 1.54) is 26.4 Å². The topological polar surface area (TPSA) is 37.4 Å². The summed E-state index contributed by atoms with van der Waals surface area (Å²) in [6.07, 6.45) is 1.72. The Kier molecular flexibility index (Phi) is 6.29. The summed E-state index contributed by atoms with van der Waals surface area (Å²) < 4.78 is 0. The third kappa shape index (κ3) is 4.41. The van der Waals surface area contributed by atoms with Gasteiger partial charge in [0.15, 0.2) is 11.6 Å². The number of rotatable bonds is 5. The Morgan fingerprint density at radius 2 is 1.16 bits per heavy atom. The number of fused-ring (bicyclic) bond motifs is 4. The smallest absolute Gasteiger partial charge is 0.197 e. The Labute approximate surface area is 266 Å². The summed E-state index contributed by atoms with van der Waals surface area (Å²) in [4.78, 5) is 30.5. The molecule has 4 heteroatoms. The van der Waals surface area contributed by atoms with Crippen LogP contribution in [-0.4, -0.2) is 11.6 Å². The number of allylic oxidation sites excluding steroid dienone is 1. The highest BCUT2D eigenvalue weighted by molar-refractivity contribution is 7.19. The van der Waals surface area contributed by atoms with Crippen LogP contribution in [0, 0.1) is 0 Å². The molecular weight excluding hydrogens is 571 g/mol. The number of hydrogen-bond donors (Lipinski definition) is 0. The van der Waals surface area contributed by atoms with Gasteiger partial charge in [-0.05, 0) is 76.4 Å². The van der Waals surface area contributed by atoms with Gasteiger partial charge >= 0.3 is 0 Å². The largest absolute Gasteiger partial charge is 0.310 e. The lowest BCUT2D eigenvalue weighted by Gasteiger charge is -2.28. The molecule has 0 atom stereocenters. The third-order valence-corrected chi connectivity index (χ3v) is 10.2. The minimum Gasteiger partial charge on any atom is -0.310 e. The van der Waals surface area contributed by atoms with Crippen molar-refractivity contribution in [3.8, 4) is 20.9 Å². The molecular formula is C41H29NO2S. The molecule has 0 N–H and O–H groups in total. The van der Waals surface area contributed by atoms with E-state index in [1.54, 1.807) is 30.3 Å². The van der Waals surface area contributed by atoms with E-state index in [0.717, 1.165) is 28.2 Å². The average Bonchev–Trinajstić information content (AvgIpc) is 3.69. The lowest BCUT2D eigenvalue weighted by atomic mass is 9.82. The van der Waals surface area contributed by atoms with Gasteiger partial charge in [-0.3, -0.25) is 9.59 Å². The number of thiophene rings is 1. The number of carbonyl (C=O) groups excluding carboxylic acids is 2. The summed E-state index contributed by atoms with van der Waals surface area (Å²) in [5.74, 6) is -0.400. The SMILES string of the molecule is CC1(C)c2cc(N(c3ccccc3)c3ccccc3)ccc2-c2sc(-c3ccc(C=C4C(=O)c5ccccc5C4=O)cc3)cc21. The highest BCUT2D eigenvalue weighted by Gasteiger charge is 2.38. The van der Waals surface area contributed by atoms with E-state index in [0.29, 0.717) is 11.1 Å². The molecule has 5 aromatic carbocycles. The Morgan fingerprint density at radius 1 is 0.578 bits per heavy atom. The number of Topliss-reactive ketones (excluding diaryl/α,β-unsaturated/α-hetero) is 2. The van der Waals surface area contributed by atoms with E-state index >= 15 is 0 Å². The summed E-state index contributed by atoms with van der Waals surface area (Å²) in [5.41, 5.74) is 10.4. The second kappa shape index (κ2) is 10.4. The summed E-state index contributed by atoms with van der Waals surface area (Å²) in [5, 5.41) is 0. The predicted molar refractivity (Wildman–Crippen MR) is 185 cm³/mol. The maximum absolute atomic E-state index is 12.9. The van der Waals surface area contributed by atoms with E-state index in [2.05, 4.69) is 116 Å². The normalized spacial score (nSPS) is 14.2. The van der Waals surface area contributed by atoms with Crippen molar-refractivity contribution in [1.29, 1.82) is 0 Å². The molecule has 0 aliphatic heterocycles. The van der Waals surface area contributed by atoms with E-state index in [-0.39, 0.29) is 22.6 Å². The number of para-hydroxylation sites is 2. The highest BCUT2D eigenvalue weighted by Crippen LogP contribution is 2.55. The van der Waals surface area contributed by atoms with Crippen molar-refractivity contribution in [1.82, 2.24) is 0 Å². The van der Waals surface area contributed by atoms with Gasteiger partial charge in [-0.2, -0.15) is 0 Å². The van der Waals surface area contributed by atoms with Crippen LogP contribution in [0.25, 0.3) is 27.0 Å². The molecule has 2 aliphatic rings. The number of ketones is 2. The predicted octanol–water partition coefficient (Wildman–Crippen LogP) is 10.7. The molecule has 6 aromatic rings. The van der Waals surface area contributed by atoms with Gasteiger partial charge in [0, 0.05) is 43.4 Å². The Morgan fingerprint density at radius 3 is 1.76 bits per heavy atom. The van der Waals surface area contributed by atoms with Gasteiger partial charge in [0.25, 0.3) is 0 Å². The molecule has 0 unspecified atom stereocenters. The fourth-order valence-corrected chi connectivity index (χ4v) is 8.01. The Bertz CT molecular complexity index is 2080. The lowest BCUT2D eigenvalue weighted by molar-refractivity contribution is 0.0990. The maximum Gasteiger partial charge on any atom is 0.197 e. The standard InChI is InChI=1S/C41H29NO2S/c1-41(2)35-24-30(42(28-11-5-3-6-12-28)29-13-7-4-8-14-29)21-22-33(35)40-36(41)25-37(45-40)27-19-17-26(18-20-27)23-34-38(43)31-15-9-10-16-32(31)39(34)44/h3-25H,1-2H3. The molecule has 0 amide bonds. The van der Waals surface area contributed by atoms with Gasteiger partial charge < -0.3 is 4.90 Å². The van der Waals surface area contributed by atoms with E-state index in [4.69, 9.17) is 0 Å². The molecule has 2 aliphatic carbocycles. The van der Waals surface area contributed by atoms with Crippen LogP contribution < -0.4 is 4.90 Å². The highest BCUT2D eigenvalue weighted by atomic mass is 32.1. The van der Waals surface area contributed by atoms with E-state index in [9.17, 15) is 9.59 Å². The Balaban J connectivity index is 1.12. The lowest BCUT2D eigenvalue weighted by Crippen LogP contribution is -2.16. The number of anilines is 3. The van der Waals surface area contributed by atoms with Crippen LogP contribution in [-0.2, 0) is 5.41 Å². The molecule has 0 radical (unpaired) electrons. The minimum atomic E-state index is -0.200. The van der Waals surface area contributed by atoms with Crippen LogP contribution in [0.3, 0.4) is 0 Å². The minimum absolute atomic E-state index is 0.156. The van der Waals surface area contributed by atoms with Gasteiger partial charge in [-0.15, -0.1) is 11.3 Å². The molecule has 0 saturated carbocycles. The molecule has 0 saturated heterocycles. The zero-order valence-electron chi connectivity index (χ0n) is 25.0. The molecule has 8 rings (SSSR count). The van der Waals surface area contributed by atoms with Crippen molar-refractivity contribution in [2.45, 2.75) is 19.3 Å². The molecule has 1 aromatic heterocycles. The average molecular weight is 600 g/mol. The molecule has 0 fully saturated rings. The first kappa shape index (κ1) is 27.2. The monoisotopic (exact) mass is 599 g/mol. The van der Waals surface area contributed by atoms with Crippen molar-refractivity contribution in [2.24, 2.45) is 0 Å². The summed E-state index contributed by atoms with van der Waals surface area (Å²) in [6, 6.07) is 45.4. The zero-order chi connectivity index (χ0) is 30.7. The van der Waals surface area contributed by atoms with Gasteiger partial charge in [-0.1, -0.05) is 105 Å². The van der Waals surface area contributed by atoms with Gasteiger partial charge in [0.05, 0.1) is 5.57 Å². The number of carbonyl (C=O) groups is 2. The molecule has 45 heavy (non-hydrogen) atoms. The van der Waals surface area contributed by atoms with Gasteiger partial charge in [0.1, 0.15) is 0 Å². The van der Waals surface area contributed by atoms with Crippen molar-refractivity contribution in [2.75, 3.05) is 4.90 Å². The fraction of sp³-hybridized carbons (Fsp3) is 0.0732. The summed E-state index contributed by atoms with van der Waals surface area (Å²) in [6.45, 7) is 4.63. The van der Waals surface area contributed by atoms with Crippen molar-refractivity contribution in [3.63, 3.8) is 0 Å². The van der Waals surface area contributed by atoms with Gasteiger partial charge in [-0.25, -0.2) is 0 Å². The summed E-state index contributed by atoms with van der Waals surface area (Å²) >= 11 is 1.82. The molecule has 3 nitrogen and oxygen atoms in total. The van der Waals surface area contributed by atoms with Crippen molar-refractivity contribution >= 4 is 46.0 Å². The van der Waals surface area contributed by atoms with Crippen LogP contribution >= 0.6 is 11.3 Å². The molecule has 1 heterocycles. The maximum atomic E-state index is 12.9. The third-order valence-electron chi connectivity index (χ3n) is 9.03. The fourth-order valence-electron chi connectivity index (χ4n) is 6.64. The second-order valence-electron chi connectivity index (χ2n) is 12.1. The van der Waals surface area contributed by atoms with Crippen LogP contribution in [0.2, 0.25) is 0 Å². The Hall–Kier alpha value is -5.32. The molecule has 0 bridgehead atoms. The molecule has 0 spiro atoms. The zero-order valence-corrected chi connectivity index (χ0v) is 25.8. The van der Waals surface area contributed by atoms with Gasteiger partial charge in [0.2, 0.25) is 0 Å². The second-order valence-corrected chi connectivity index (χ2v) is 13.2. The first-order chi connectivity index (χ1) is 21.9. The number of nitrogens with zero attached hydrogens (tertiary/aromatic N) is 1.